The van der Waals surface area contributed by atoms with Gasteiger partial charge in [-0.15, -0.1) is 0 Å². The molecule has 0 N–H and O–H groups in total. The zero-order chi connectivity index (χ0) is 13.5. The Labute approximate surface area is 111 Å². The summed E-state index contributed by atoms with van der Waals surface area (Å²) >= 11 is 0. The Bertz CT molecular complexity index is 587. The van der Waals surface area contributed by atoms with Crippen molar-refractivity contribution in [2.75, 3.05) is 13.2 Å². The standard InChI is InChI=1S/C15H15NO3/c1-2-18-14(17)9-5-11-19-13-8-3-6-12-7-4-10-16-15(12)13/h3-10H,2,11H2,1H3/b9-5+. The van der Waals surface area contributed by atoms with E-state index >= 15 is 0 Å². The van der Waals surface area contributed by atoms with E-state index in [1.807, 2.05) is 30.3 Å². The van der Waals surface area contributed by atoms with E-state index in [0.29, 0.717) is 19.0 Å². The quantitative estimate of drug-likeness (QED) is 0.610. The lowest BCUT2D eigenvalue weighted by Gasteiger charge is -2.06. The number of pyridine rings is 1. The van der Waals surface area contributed by atoms with Crippen molar-refractivity contribution in [3.05, 3.63) is 48.7 Å². The molecule has 0 saturated heterocycles. The summed E-state index contributed by atoms with van der Waals surface area (Å²) in [4.78, 5) is 15.4. The Kier molecular flexibility index (Phi) is 4.50. The Balaban J connectivity index is 2.00. The van der Waals surface area contributed by atoms with Gasteiger partial charge in [0.15, 0.2) is 0 Å². The summed E-state index contributed by atoms with van der Waals surface area (Å²) in [6.07, 6.45) is 4.71. The Morgan fingerprint density at radius 1 is 1.32 bits per heavy atom. The minimum absolute atomic E-state index is 0.300. The van der Waals surface area contributed by atoms with Crippen LogP contribution in [0.4, 0.5) is 0 Å². The number of carbonyl (C=O) groups is 1. The fourth-order valence-electron chi connectivity index (χ4n) is 1.67. The third-order valence-electron chi connectivity index (χ3n) is 2.47. The van der Waals surface area contributed by atoms with E-state index < -0.39 is 0 Å². The number of fused-ring (bicyclic) bond motifs is 1. The molecule has 0 atom stereocenters. The van der Waals surface area contributed by atoms with Gasteiger partial charge in [-0.25, -0.2) is 4.79 Å². The third kappa shape index (κ3) is 3.55. The van der Waals surface area contributed by atoms with E-state index in [1.54, 1.807) is 19.2 Å². The molecule has 2 aromatic rings. The second kappa shape index (κ2) is 6.54. The zero-order valence-electron chi connectivity index (χ0n) is 10.7. The van der Waals surface area contributed by atoms with E-state index in [9.17, 15) is 4.79 Å². The number of rotatable bonds is 5. The van der Waals surface area contributed by atoms with Crippen LogP contribution in [0.25, 0.3) is 10.9 Å². The van der Waals surface area contributed by atoms with E-state index in [1.165, 1.54) is 6.08 Å². The smallest absolute Gasteiger partial charge is 0.330 e. The number of esters is 1. The molecule has 0 aliphatic rings. The Morgan fingerprint density at radius 2 is 2.16 bits per heavy atom. The molecule has 19 heavy (non-hydrogen) atoms. The van der Waals surface area contributed by atoms with E-state index in [4.69, 9.17) is 9.47 Å². The molecule has 2 rings (SSSR count). The lowest BCUT2D eigenvalue weighted by atomic mass is 10.2. The topological polar surface area (TPSA) is 48.4 Å². The number of hydrogen-bond acceptors (Lipinski definition) is 4. The van der Waals surface area contributed by atoms with Crippen molar-refractivity contribution < 1.29 is 14.3 Å². The van der Waals surface area contributed by atoms with Gasteiger partial charge < -0.3 is 9.47 Å². The summed E-state index contributed by atoms with van der Waals surface area (Å²) in [6, 6.07) is 9.60. The van der Waals surface area contributed by atoms with Crippen molar-refractivity contribution in [3.63, 3.8) is 0 Å². The molecule has 0 aliphatic heterocycles. The van der Waals surface area contributed by atoms with Crippen LogP contribution < -0.4 is 4.74 Å². The highest BCUT2D eigenvalue weighted by Gasteiger charge is 2.01. The average molecular weight is 257 g/mol. The predicted molar refractivity (Wildman–Crippen MR) is 73.0 cm³/mol. The highest BCUT2D eigenvalue weighted by atomic mass is 16.5. The molecule has 1 aromatic heterocycles. The normalized spacial score (nSPS) is 10.8. The van der Waals surface area contributed by atoms with Crippen LogP contribution in [0.1, 0.15) is 6.92 Å². The van der Waals surface area contributed by atoms with Gasteiger partial charge in [-0.3, -0.25) is 4.98 Å². The van der Waals surface area contributed by atoms with Gasteiger partial charge in [0.25, 0.3) is 0 Å². The van der Waals surface area contributed by atoms with Crippen molar-refractivity contribution in [2.45, 2.75) is 6.92 Å². The molecule has 0 unspecified atom stereocenters. The number of nitrogens with zero attached hydrogens (tertiary/aromatic N) is 1. The highest BCUT2D eigenvalue weighted by Crippen LogP contribution is 2.22. The Hall–Kier alpha value is -2.36. The monoisotopic (exact) mass is 257 g/mol. The lowest BCUT2D eigenvalue weighted by Crippen LogP contribution is -2.01. The number of para-hydroxylation sites is 1. The molecule has 0 spiro atoms. The Morgan fingerprint density at radius 3 is 3.00 bits per heavy atom. The van der Waals surface area contributed by atoms with Gasteiger partial charge >= 0.3 is 5.97 Å². The maximum Gasteiger partial charge on any atom is 0.330 e. The first-order chi connectivity index (χ1) is 9.31. The minimum Gasteiger partial charge on any atom is -0.487 e. The molecule has 0 bridgehead atoms. The summed E-state index contributed by atoms with van der Waals surface area (Å²) in [5, 5.41) is 1.02. The van der Waals surface area contributed by atoms with Crippen LogP contribution in [-0.2, 0) is 9.53 Å². The van der Waals surface area contributed by atoms with Crippen LogP contribution in [-0.4, -0.2) is 24.2 Å². The second-order valence-corrected chi connectivity index (χ2v) is 3.80. The molecule has 0 aliphatic carbocycles. The highest BCUT2D eigenvalue weighted by molar-refractivity contribution is 5.84. The van der Waals surface area contributed by atoms with Crippen LogP contribution in [0.3, 0.4) is 0 Å². The molecule has 0 amide bonds. The number of benzene rings is 1. The summed E-state index contributed by atoms with van der Waals surface area (Å²) in [7, 11) is 0. The van der Waals surface area contributed by atoms with Crippen LogP contribution in [0.2, 0.25) is 0 Å². The first-order valence-corrected chi connectivity index (χ1v) is 6.11. The zero-order valence-corrected chi connectivity index (χ0v) is 10.7. The minimum atomic E-state index is -0.359. The molecule has 0 radical (unpaired) electrons. The van der Waals surface area contributed by atoms with Gasteiger partial charge in [0.1, 0.15) is 17.9 Å². The van der Waals surface area contributed by atoms with Crippen molar-refractivity contribution in [1.29, 1.82) is 0 Å². The maximum atomic E-state index is 11.1. The first-order valence-electron chi connectivity index (χ1n) is 6.11. The molecule has 1 heterocycles. The molecular weight excluding hydrogens is 242 g/mol. The molecular formula is C15H15NO3. The largest absolute Gasteiger partial charge is 0.487 e. The number of aromatic nitrogens is 1. The first kappa shape index (κ1) is 13.1. The van der Waals surface area contributed by atoms with Crippen LogP contribution in [0, 0.1) is 0 Å². The predicted octanol–water partition coefficient (Wildman–Crippen LogP) is 2.73. The van der Waals surface area contributed by atoms with Crippen molar-refractivity contribution >= 4 is 16.9 Å². The number of carbonyl (C=O) groups excluding carboxylic acids is 1. The van der Waals surface area contributed by atoms with Crippen molar-refractivity contribution in [3.8, 4) is 5.75 Å². The molecule has 4 nitrogen and oxygen atoms in total. The average Bonchev–Trinajstić information content (AvgIpc) is 2.44. The number of hydrogen-bond donors (Lipinski definition) is 0. The maximum absolute atomic E-state index is 11.1. The summed E-state index contributed by atoms with van der Waals surface area (Å²) in [5.74, 6) is 0.341. The lowest BCUT2D eigenvalue weighted by molar-refractivity contribution is -0.137. The van der Waals surface area contributed by atoms with Crippen molar-refractivity contribution in [2.24, 2.45) is 0 Å². The van der Waals surface area contributed by atoms with Crippen LogP contribution in [0.5, 0.6) is 5.75 Å². The van der Waals surface area contributed by atoms with Crippen molar-refractivity contribution in [1.82, 2.24) is 4.98 Å². The van der Waals surface area contributed by atoms with E-state index in [0.717, 1.165) is 10.9 Å². The van der Waals surface area contributed by atoms with E-state index in [2.05, 4.69) is 4.98 Å². The number of ether oxygens (including phenoxy) is 2. The van der Waals surface area contributed by atoms with Gasteiger partial charge in [0.05, 0.1) is 6.61 Å². The second-order valence-electron chi connectivity index (χ2n) is 3.80. The van der Waals surface area contributed by atoms with Gasteiger partial charge in [0, 0.05) is 17.7 Å². The third-order valence-corrected chi connectivity index (χ3v) is 2.47. The molecule has 98 valence electrons. The van der Waals surface area contributed by atoms with Crippen LogP contribution >= 0.6 is 0 Å². The fraction of sp³-hybridized carbons (Fsp3) is 0.200. The molecule has 0 fully saturated rings. The van der Waals surface area contributed by atoms with Gasteiger partial charge in [-0.05, 0) is 25.1 Å². The van der Waals surface area contributed by atoms with Gasteiger partial charge in [-0.2, -0.15) is 0 Å². The fourth-order valence-corrected chi connectivity index (χ4v) is 1.67. The summed E-state index contributed by atoms with van der Waals surface area (Å²) in [5.41, 5.74) is 0.814. The molecule has 1 aromatic carbocycles. The van der Waals surface area contributed by atoms with Crippen LogP contribution in [0.15, 0.2) is 48.7 Å². The molecule has 4 heteroatoms. The summed E-state index contributed by atoms with van der Waals surface area (Å²) < 4.78 is 10.4. The van der Waals surface area contributed by atoms with E-state index in [-0.39, 0.29) is 5.97 Å². The summed E-state index contributed by atoms with van der Waals surface area (Å²) in [6.45, 7) is 2.44. The van der Waals surface area contributed by atoms with Gasteiger partial charge in [0.2, 0.25) is 0 Å². The molecule has 0 saturated carbocycles. The van der Waals surface area contributed by atoms with Gasteiger partial charge in [-0.1, -0.05) is 18.2 Å². The SMILES string of the molecule is CCOC(=O)/C=C/COc1cccc2cccnc12.